The molecule has 0 N–H and O–H groups in total. The van der Waals surface area contributed by atoms with Gasteiger partial charge in [-0.2, -0.15) is 10.1 Å². The highest BCUT2D eigenvalue weighted by Gasteiger charge is 2.32. The topological polar surface area (TPSA) is 60.0 Å². The second-order valence-corrected chi connectivity index (χ2v) is 7.33. The minimum absolute atomic E-state index is 0.121. The number of aromatic nitrogens is 4. The summed E-state index contributed by atoms with van der Waals surface area (Å²) in [6.45, 7) is 6.19. The van der Waals surface area contributed by atoms with E-state index in [9.17, 15) is 0 Å². The lowest BCUT2D eigenvalue weighted by molar-refractivity contribution is 0.144. The molecule has 3 aromatic rings. The van der Waals surface area contributed by atoms with Crippen LogP contribution in [0.5, 0.6) is 0 Å². The fourth-order valence-corrected chi connectivity index (χ4v) is 4.05. The first kappa shape index (κ1) is 15.5. The fraction of sp³-hybridized carbons (Fsp3) is 0.471. The van der Waals surface area contributed by atoms with Gasteiger partial charge in [0.25, 0.3) is 0 Å². The lowest BCUT2D eigenvalue weighted by Crippen LogP contribution is -2.35. The molecule has 0 aromatic carbocycles. The van der Waals surface area contributed by atoms with Crippen molar-refractivity contribution in [3.8, 4) is 10.7 Å². The molecule has 126 valence electrons. The molecule has 1 aliphatic rings. The third-order valence-corrected chi connectivity index (χ3v) is 5.49. The monoisotopic (exact) mass is 343 g/mol. The Morgan fingerprint density at radius 2 is 2.38 bits per heavy atom. The highest BCUT2D eigenvalue weighted by atomic mass is 32.1. The van der Waals surface area contributed by atoms with Crippen molar-refractivity contribution in [2.45, 2.75) is 45.3 Å². The van der Waals surface area contributed by atoms with Crippen LogP contribution in [0.4, 0.5) is 0 Å². The standard InChI is InChI=1S/C17H21N5OS/c1-12-9-18-21(10-12)11-14-5-3-7-22(14)13(2)17-19-16(20-23-17)15-6-4-8-24-15/h4,6,8-10,13-14H,3,5,7,11H2,1-2H3/t13-,14+/m0/s1. The van der Waals surface area contributed by atoms with E-state index < -0.39 is 0 Å². The largest absolute Gasteiger partial charge is 0.337 e. The third kappa shape index (κ3) is 3.01. The molecule has 1 fully saturated rings. The van der Waals surface area contributed by atoms with Crippen LogP contribution in [0.3, 0.4) is 0 Å². The van der Waals surface area contributed by atoms with Crippen molar-refractivity contribution in [2.75, 3.05) is 6.54 Å². The molecular weight excluding hydrogens is 322 g/mol. The van der Waals surface area contributed by atoms with Gasteiger partial charge in [0.05, 0.1) is 23.7 Å². The summed E-state index contributed by atoms with van der Waals surface area (Å²) < 4.78 is 7.58. The van der Waals surface area contributed by atoms with E-state index in [0.717, 1.165) is 18.0 Å². The zero-order valence-corrected chi connectivity index (χ0v) is 14.7. The van der Waals surface area contributed by atoms with Crippen LogP contribution in [0.15, 0.2) is 34.4 Å². The average Bonchev–Trinajstić information content (AvgIpc) is 3.35. The molecule has 0 bridgehead atoms. The predicted molar refractivity (Wildman–Crippen MR) is 92.7 cm³/mol. The average molecular weight is 343 g/mol. The Bertz CT molecular complexity index is 794. The molecule has 0 unspecified atom stereocenters. The van der Waals surface area contributed by atoms with Gasteiger partial charge in [0.2, 0.25) is 11.7 Å². The van der Waals surface area contributed by atoms with Crippen molar-refractivity contribution >= 4 is 11.3 Å². The van der Waals surface area contributed by atoms with E-state index in [1.807, 2.05) is 28.4 Å². The normalized spacial score (nSPS) is 19.8. The van der Waals surface area contributed by atoms with Crippen LogP contribution >= 0.6 is 11.3 Å². The predicted octanol–water partition coefficient (Wildman–Crippen LogP) is 3.53. The Balaban J connectivity index is 1.49. The number of nitrogens with zero attached hydrogens (tertiary/aromatic N) is 5. The summed E-state index contributed by atoms with van der Waals surface area (Å²) in [4.78, 5) is 8.12. The van der Waals surface area contributed by atoms with Gasteiger partial charge in [0.15, 0.2) is 0 Å². The molecule has 4 rings (SSSR count). The smallest absolute Gasteiger partial charge is 0.244 e. The molecule has 3 aromatic heterocycles. The Hall–Kier alpha value is -1.99. The summed E-state index contributed by atoms with van der Waals surface area (Å²) in [6.07, 6.45) is 6.38. The number of likely N-dealkylation sites (tertiary alicyclic amines) is 1. The summed E-state index contributed by atoms with van der Waals surface area (Å²) in [7, 11) is 0. The van der Waals surface area contributed by atoms with Gasteiger partial charge in [-0.1, -0.05) is 11.2 Å². The van der Waals surface area contributed by atoms with Crippen molar-refractivity contribution < 1.29 is 4.52 Å². The summed E-state index contributed by atoms with van der Waals surface area (Å²) in [6, 6.07) is 4.59. The lowest BCUT2D eigenvalue weighted by Gasteiger charge is -2.28. The van der Waals surface area contributed by atoms with Gasteiger partial charge in [-0.25, -0.2) is 0 Å². The molecule has 1 saturated heterocycles. The zero-order chi connectivity index (χ0) is 16.5. The SMILES string of the molecule is Cc1cnn(C[C@H]2CCCN2[C@@H](C)c2nc(-c3cccs3)no2)c1. The van der Waals surface area contributed by atoms with E-state index in [4.69, 9.17) is 4.52 Å². The number of hydrogen-bond donors (Lipinski definition) is 0. The van der Waals surface area contributed by atoms with E-state index in [1.54, 1.807) is 11.3 Å². The molecule has 0 spiro atoms. The fourth-order valence-electron chi connectivity index (χ4n) is 3.40. The molecule has 6 nitrogen and oxygen atoms in total. The van der Waals surface area contributed by atoms with Crippen molar-refractivity contribution in [3.05, 3.63) is 41.4 Å². The van der Waals surface area contributed by atoms with Gasteiger partial charge >= 0.3 is 0 Å². The van der Waals surface area contributed by atoms with Crippen molar-refractivity contribution in [2.24, 2.45) is 0 Å². The van der Waals surface area contributed by atoms with Gasteiger partial charge in [-0.3, -0.25) is 9.58 Å². The number of hydrogen-bond acceptors (Lipinski definition) is 6. The van der Waals surface area contributed by atoms with E-state index in [-0.39, 0.29) is 6.04 Å². The molecule has 0 amide bonds. The summed E-state index contributed by atoms with van der Waals surface area (Å²) in [5, 5.41) is 10.6. The first-order chi connectivity index (χ1) is 11.7. The van der Waals surface area contributed by atoms with Crippen LogP contribution in [0.2, 0.25) is 0 Å². The van der Waals surface area contributed by atoms with Crippen LogP contribution < -0.4 is 0 Å². The van der Waals surface area contributed by atoms with Crippen LogP contribution in [0.25, 0.3) is 10.7 Å². The third-order valence-electron chi connectivity index (χ3n) is 4.62. The van der Waals surface area contributed by atoms with Crippen LogP contribution in [0.1, 0.15) is 37.3 Å². The maximum absolute atomic E-state index is 5.55. The zero-order valence-electron chi connectivity index (χ0n) is 13.9. The van der Waals surface area contributed by atoms with E-state index in [1.165, 1.54) is 18.4 Å². The molecule has 2 atom stereocenters. The minimum Gasteiger partial charge on any atom is -0.337 e. The highest BCUT2D eigenvalue weighted by Crippen LogP contribution is 2.31. The summed E-state index contributed by atoms with van der Waals surface area (Å²) in [5.74, 6) is 1.38. The highest BCUT2D eigenvalue weighted by molar-refractivity contribution is 7.13. The van der Waals surface area contributed by atoms with Crippen molar-refractivity contribution in [1.82, 2.24) is 24.8 Å². The Morgan fingerprint density at radius 1 is 1.46 bits per heavy atom. The first-order valence-corrected chi connectivity index (χ1v) is 9.21. The quantitative estimate of drug-likeness (QED) is 0.709. The summed E-state index contributed by atoms with van der Waals surface area (Å²) >= 11 is 1.63. The minimum atomic E-state index is 0.121. The molecule has 4 heterocycles. The Labute approximate surface area is 145 Å². The Kier molecular flexibility index (Phi) is 4.20. The van der Waals surface area contributed by atoms with Crippen molar-refractivity contribution in [1.29, 1.82) is 0 Å². The van der Waals surface area contributed by atoms with Crippen molar-refractivity contribution in [3.63, 3.8) is 0 Å². The summed E-state index contributed by atoms with van der Waals surface area (Å²) in [5.41, 5.74) is 1.20. The van der Waals surface area contributed by atoms with Gasteiger partial charge < -0.3 is 4.52 Å². The molecular formula is C17H21N5OS. The van der Waals surface area contributed by atoms with Gasteiger partial charge in [-0.15, -0.1) is 11.3 Å². The molecule has 0 radical (unpaired) electrons. The van der Waals surface area contributed by atoms with Gasteiger partial charge in [0.1, 0.15) is 0 Å². The van der Waals surface area contributed by atoms with E-state index >= 15 is 0 Å². The maximum atomic E-state index is 5.55. The van der Waals surface area contributed by atoms with Gasteiger partial charge in [-0.05, 0) is 50.2 Å². The second kappa shape index (κ2) is 6.49. The lowest BCUT2D eigenvalue weighted by atomic mass is 10.2. The second-order valence-electron chi connectivity index (χ2n) is 6.38. The van der Waals surface area contributed by atoms with Crippen LogP contribution in [-0.2, 0) is 6.54 Å². The molecule has 7 heteroatoms. The number of aryl methyl sites for hydroxylation is 1. The maximum Gasteiger partial charge on any atom is 0.244 e. The first-order valence-electron chi connectivity index (χ1n) is 8.33. The Morgan fingerprint density at radius 3 is 3.12 bits per heavy atom. The van der Waals surface area contributed by atoms with Gasteiger partial charge in [0, 0.05) is 12.2 Å². The van der Waals surface area contributed by atoms with Crippen LogP contribution in [0, 0.1) is 6.92 Å². The van der Waals surface area contributed by atoms with E-state index in [0.29, 0.717) is 17.8 Å². The molecule has 24 heavy (non-hydrogen) atoms. The van der Waals surface area contributed by atoms with Crippen LogP contribution in [-0.4, -0.2) is 37.4 Å². The molecule has 0 saturated carbocycles. The number of rotatable bonds is 5. The molecule has 1 aliphatic heterocycles. The number of thiophene rings is 1. The van der Waals surface area contributed by atoms with E-state index in [2.05, 4.69) is 40.2 Å². The molecule has 0 aliphatic carbocycles.